The molecule has 22 heavy (non-hydrogen) atoms. The van der Waals surface area contributed by atoms with Crippen molar-refractivity contribution >= 4 is 55.7 Å². The summed E-state index contributed by atoms with van der Waals surface area (Å²) in [7, 11) is 0. The van der Waals surface area contributed by atoms with E-state index in [2.05, 4.69) is 26.0 Å². The fourth-order valence-electron chi connectivity index (χ4n) is 2.00. The second-order valence-electron chi connectivity index (χ2n) is 5.17. The van der Waals surface area contributed by atoms with Gasteiger partial charge in [0.1, 0.15) is 5.04 Å². The highest BCUT2D eigenvalue weighted by atomic mass is 79.9. The van der Waals surface area contributed by atoms with Crippen LogP contribution < -0.4 is 0 Å². The van der Waals surface area contributed by atoms with Gasteiger partial charge in [0, 0.05) is 10.4 Å². The maximum absolute atomic E-state index is 12.2. The van der Waals surface area contributed by atoms with Crippen molar-refractivity contribution in [1.82, 2.24) is 5.01 Å². The van der Waals surface area contributed by atoms with Crippen molar-refractivity contribution in [3.8, 4) is 0 Å². The molecule has 7 heteroatoms. The zero-order chi connectivity index (χ0) is 15.9. The molecule has 0 saturated carbocycles. The number of rotatable bonds is 2. The largest absolute Gasteiger partial charge is 0.283 e. The molecule has 1 amide bonds. The number of amidine groups is 2. The minimum Gasteiger partial charge on any atom is -0.282 e. The van der Waals surface area contributed by atoms with Gasteiger partial charge in [0.05, 0.1) is 5.57 Å². The monoisotopic (exact) mass is 376 g/mol. The average molecular weight is 377 g/mol. The molecule has 112 valence electrons. The molecule has 0 radical (unpaired) electrons. The van der Waals surface area contributed by atoms with Crippen molar-refractivity contribution < 1.29 is 4.79 Å². The summed E-state index contributed by atoms with van der Waals surface area (Å²) < 4.78 is 0.915. The maximum Gasteiger partial charge on any atom is 0.283 e. The first-order valence-corrected chi connectivity index (χ1v) is 8.32. The summed E-state index contributed by atoms with van der Waals surface area (Å²) in [5, 5.41) is 15.4. The molecule has 0 aromatic heterocycles. The lowest BCUT2D eigenvalue weighted by molar-refractivity contribution is -0.114. The first-order valence-electron chi connectivity index (χ1n) is 6.71. The lowest BCUT2D eigenvalue weighted by Crippen LogP contribution is -2.35. The summed E-state index contributed by atoms with van der Waals surface area (Å²) in [5.74, 6) is -0.0965. The van der Waals surface area contributed by atoms with Gasteiger partial charge in [-0.2, -0.15) is 15.1 Å². The molecule has 0 spiro atoms. The summed E-state index contributed by atoms with van der Waals surface area (Å²) >= 11 is 4.75. The summed E-state index contributed by atoms with van der Waals surface area (Å²) in [6.07, 6.45) is 1.67. The minimum atomic E-state index is -0.399. The number of halogens is 1. The number of fused-ring (bicyclic) bond motifs is 1. The van der Waals surface area contributed by atoms with Gasteiger partial charge in [-0.05, 0) is 35.5 Å². The summed E-state index contributed by atoms with van der Waals surface area (Å²) in [6.45, 7) is 4.04. The Morgan fingerprint density at radius 1 is 1.41 bits per heavy atom. The molecule has 0 atom stereocenters. The molecule has 0 saturated heterocycles. The lowest BCUT2D eigenvalue weighted by Gasteiger charge is -2.20. The third-order valence-corrected chi connectivity index (χ3v) is 4.83. The molecule has 0 bridgehead atoms. The van der Waals surface area contributed by atoms with Crippen LogP contribution in [-0.4, -0.2) is 27.0 Å². The van der Waals surface area contributed by atoms with E-state index in [0.717, 1.165) is 15.1 Å². The SMILES string of the molecule is CC(C)C1=NN2C(=N)C(=Cc3cccc(Br)c3)C(=O)N=C2S1. The number of carbonyl (C=O) groups excluding carboxylic acids is 1. The van der Waals surface area contributed by atoms with Gasteiger partial charge < -0.3 is 0 Å². The van der Waals surface area contributed by atoms with Crippen molar-refractivity contribution in [2.24, 2.45) is 16.0 Å². The highest BCUT2D eigenvalue weighted by Gasteiger charge is 2.36. The minimum absolute atomic E-state index is 0.0677. The fraction of sp³-hybridized carbons (Fsp3) is 0.200. The summed E-state index contributed by atoms with van der Waals surface area (Å²) in [6, 6.07) is 7.54. The van der Waals surface area contributed by atoms with E-state index in [9.17, 15) is 4.79 Å². The number of benzene rings is 1. The van der Waals surface area contributed by atoms with Crippen LogP contribution >= 0.6 is 27.7 Å². The third-order valence-electron chi connectivity index (χ3n) is 3.12. The highest BCUT2D eigenvalue weighted by molar-refractivity contribution is 9.10. The first kappa shape index (κ1) is 15.2. The smallest absolute Gasteiger partial charge is 0.282 e. The molecule has 1 aromatic carbocycles. The molecule has 1 N–H and O–H groups in total. The average Bonchev–Trinajstić information content (AvgIpc) is 2.88. The molecular formula is C15H13BrN4OS. The van der Waals surface area contributed by atoms with E-state index in [1.165, 1.54) is 16.8 Å². The van der Waals surface area contributed by atoms with Crippen LogP contribution in [-0.2, 0) is 4.79 Å². The summed E-state index contributed by atoms with van der Waals surface area (Å²) in [4.78, 5) is 16.3. The van der Waals surface area contributed by atoms with Crippen molar-refractivity contribution in [3.05, 3.63) is 39.9 Å². The van der Waals surface area contributed by atoms with E-state index in [0.29, 0.717) is 5.17 Å². The van der Waals surface area contributed by atoms with Gasteiger partial charge in [-0.3, -0.25) is 10.2 Å². The molecule has 2 heterocycles. The molecule has 3 rings (SSSR count). The Morgan fingerprint density at radius 2 is 2.18 bits per heavy atom. The van der Waals surface area contributed by atoms with E-state index in [4.69, 9.17) is 5.41 Å². The number of hydrogen-bond donors (Lipinski definition) is 1. The van der Waals surface area contributed by atoms with Gasteiger partial charge in [0.2, 0.25) is 5.17 Å². The number of amides is 1. The number of hydrogen-bond acceptors (Lipinski definition) is 4. The Kier molecular flexibility index (Phi) is 4.01. The molecule has 2 aliphatic heterocycles. The van der Waals surface area contributed by atoms with Crippen LogP contribution in [0.25, 0.3) is 6.08 Å². The normalized spacial score (nSPS) is 19.6. The number of nitrogens with one attached hydrogen (secondary N) is 1. The van der Waals surface area contributed by atoms with Crippen LogP contribution in [0.4, 0.5) is 0 Å². The molecule has 0 aliphatic carbocycles. The Hall–Kier alpha value is -1.73. The Balaban J connectivity index is 1.99. The molecule has 2 aliphatic rings. The van der Waals surface area contributed by atoms with Crippen molar-refractivity contribution in [2.45, 2.75) is 13.8 Å². The van der Waals surface area contributed by atoms with Gasteiger partial charge in [-0.1, -0.05) is 41.9 Å². The van der Waals surface area contributed by atoms with Crippen molar-refractivity contribution in [3.63, 3.8) is 0 Å². The molecule has 5 nitrogen and oxygen atoms in total. The van der Waals surface area contributed by atoms with Gasteiger partial charge in [-0.15, -0.1) is 0 Å². The van der Waals surface area contributed by atoms with Crippen LogP contribution in [0.2, 0.25) is 0 Å². The molecule has 0 unspecified atom stereocenters. The number of thioether (sulfide) groups is 1. The standard InChI is InChI=1S/C15H13BrN4OS/c1-8(2)14-19-20-12(17)11(13(21)18-15(20)22-14)7-9-4-3-5-10(16)6-9/h3-8,17H,1-2H3. The Morgan fingerprint density at radius 3 is 2.86 bits per heavy atom. The second kappa shape index (κ2) is 5.81. The molecule has 0 fully saturated rings. The fourth-order valence-corrected chi connectivity index (χ4v) is 3.31. The van der Waals surface area contributed by atoms with Crippen LogP contribution in [0, 0.1) is 11.3 Å². The zero-order valence-electron chi connectivity index (χ0n) is 12.0. The highest BCUT2D eigenvalue weighted by Crippen LogP contribution is 2.30. The topological polar surface area (TPSA) is 68.9 Å². The van der Waals surface area contributed by atoms with E-state index in [1.807, 2.05) is 38.1 Å². The number of hydrazone groups is 1. The van der Waals surface area contributed by atoms with Gasteiger partial charge in [0.15, 0.2) is 5.84 Å². The third kappa shape index (κ3) is 2.78. The number of aliphatic imine (C=N–C) groups is 1. The number of nitrogens with zero attached hydrogens (tertiary/aromatic N) is 3. The van der Waals surface area contributed by atoms with Crippen molar-refractivity contribution in [1.29, 1.82) is 5.41 Å². The van der Waals surface area contributed by atoms with Crippen LogP contribution in [0.1, 0.15) is 19.4 Å². The predicted octanol–water partition coefficient (Wildman–Crippen LogP) is 3.72. The molecular weight excluding hydrogens is 364 g/mol. The van der Waals surface area contributed by atoms with Crippen LogP contribution in [0.5, 0.6) is 0 Å². The van der Waals surface area contributed by atoms with Gasteiger partial charge in [0.25, 0.3) is 5.91 Å². The Bertz CT molecular complexity index is 767. The van der Waals surface area contributed by atoms with Crippen molar-refractivity contribution in [2.75, 3.05) is 0 Å². The van der Waals surface area contributed by atoms with Crippen LogP contribution in [0.3, 0.4) is 0 Å². The van der Waals surface area contributed by atoms with E-state index in [1.54, 1.807) is 6.08 Å². The maximum atomic E-state index is 12.2. The quantitative estimate of drug-likeness (QED) is 0.799. The van der Waals surface area contributed by atoms with Gasteiger partial charge in [-0.25, -0.2) is 0 Å². The Labute approximate surface area is 140 Å². The van der Waals surface area contributed by atoms with E-state index < -0.39 is 5.91 Å². The summed E-state index contributed by atoms with van der Waals surface area (Å²) in [5.41, 5.74) is 1.08. The van der Waals surface area contributed by atoms with Crippen LogP contribution in [0.15, 0.2) is 44.4 Å². The molecule has 1 aromatic rings. The predicted molar refractivity (Wildman–Crippen MR) is 94.0 cm³/mol. The first-order chi connectivity index (χ1) is 10.5. The van der Waals surface area contributed by atoms with Gasteiger partial charge >= 0.3 is 0 Å². The number of carbonyl (C=O) groups is 1. The van der Waals surface area contributed by atoms with E-state index in [-0.39, 0.29) is 17.3 Å². The lowest BCUT2D eigenvalue weighted by atomic mass is 10.1. The van der Waals surface area contributed by atoms with E-state index >= 15 is 0 Å². The zero-order valence-corrected chi connectivity index (χ0v) is 14.4. The second-order valence-corrected chi connectivity index (χ2v) is 7.07.